The number of carbonyl (C=O) groups excluding carboxylic acids is 1. The quantitative estimate of drug-likeness (QED) is 0.613. The Morgan fingerprint density at radius 3 is 2.67 bits per heavy atom. The van der Waals surface area contributed by atoms with Crippen LogP contribution in [0.25, 0.3) is 0 Å². The van der Waals surface area contributed by atoms with Gasteiger partial charge in [-0.05, 0) is 7.05 Å². The van der Waals surface area contributed by atoms with E-state index in [-0.39, 0.29) is 5.91 Å². The minimum absolute atomic E-state index is 0.0123. The van der Waals surface area contributed by atoms with E-state index >= 15 is 0 Å². The summed E-state index contributed by atoms with van der Waals surface area (Å²) in [5, 5.41) is 17.9. The average Bonchev–Trinajstić information content (AvgIpc) is 2.33. The molecule has 0 saturated carbocycles. The SMILES string of the molecule is COCC(O)CN(C)CCC(=O)N(C)CCC#N. The van der Waals surface area contributed by atoms with E-state index in [0.29, 0.717) is 39.1 Å². The van der Waals surface area contributed by atoms with E-state index in [1.807, 2.05) is 18.0 Å². The van der Waals surface area contributed by atoms with E-state index in [1.165, 1.54) is 7.11 Å². The zero-order chi connectivity index (χ0) is 14.0. The van der Waals surface area contributed by atoms with Crippen molar-refractivity contribution < 1.29 is 14.6 Å². The van der Waals surface area contributed by atoms with E-state index in [1.54, 1.807) is 11.9 Å². The van der Waals surface area contributed by atoms with Gasteiger partial charge in [-0.15, -0.1) is 0 Å². The van der Waals surface area contributed by atoms with Crippen molar-refractivity contribution in [1.82, 2.24) is 9.80 Å². The van der Waals surface area contributed by atoms with Gasteiger partial charge in [-0.3, -0.25) is 4.79 Å². The van der Waals surface area contributed by atoms with Gasteiger partial charge in [-0.1, -0.05) is 0 Å². The van der Waals surface area contributed by atoms with Crippen molar-refractivity contribution in [3.63, 3.8) is 0 Å². The van der Waals surface area contributed by atoms with Gasteiger partial charge in [0.15, 0.2) is 0 Å². The number of nitriles is 1. The zero-order valence-corrected chi connectivity index (χ0v) is 11.4. The summed E-state index contributed by atoms with van der Waals surface area (Å²) in [4.78, 5) is 15.1. The topological polar surface area (TPSA) is 76.8 Å². The van der Waals surface area contributed by atoms with Gasteiger partial charge in [0.25, 0.3) is 0 Å². The van der Waals surface area contributed by atoms with Crippen molar-refractivity contribution in [2.24, 2.45) is 0 Å². The first-order valence-electron chi connectivity index (χ1n) is 5.97. The van der Waals surface area contributed by atoms with Gasteiger partial charge in [0, 0.05) is 40.2 Å². The average molecular weight is 257 g/mol. The smallest absolute Gasteiger partial charge is 0.223 e. The number of likely N-dealkylation sites (N-methyl/N-ethyl adjacent to an activating group) is 1. The molecule has 1 unspecified atom stereocenters. The molecule has 0 aliphatic heterocycles. The van der Waals surface area contributed by atoms with Crippen LogP contribution in [0.3, 0.4) is 0 Å². The molecule has 0 radical (unpaired) electrons. The molecule has 0 aromatic heterocycles. The first kappa shape index (κ1) is 16.8. The lowest BCUT2D eigenvalue weighted by molar-refractivity contribution is -0.130. The van der Waals surface area contributed by atoms with Gasteiger partial charge in [0.05, 0.1) is 25.2 Å². The van der Waals surface area contributed by atoms with Crippen LogP contribution in [0.4, 0.5) is 0 Å². The number of carbonyl (C=O) groups is 1. The molecule has 1 N–H and O–H groups in total. The molecular weight excluding hydrogens is 234 g/mol. The highest BCUT2D eigenvalue weighted by molar-refractivity contribution is 5.76. The molecule has 0 aromatic rings. The van der Waals surface area contributed by atoms with Gasteiger partial charge in [-0.25, -0.2) is 0 Å². The normalized spacial score (nSPS) is 12.2. The van der Waals surface area contributed by atoms with Crippen LogP contribution in [-0.4, -0.2) is 74.4 Å². The van der Waals surface area contributed by atoms with Gasteiger partial charge >= 0.3 is 0 Å². The van der Waals surface area contributed by atoms with Gasteiger partial charge in [0.2, 0.25) is 5.91 Å². The first-order chi connectivity index (χ1) is 8.51. The number of methoxy groups -OCH3 is 1. The lowest BCUT2D eigenvalue weighted by atomic mass is 10.3. The summed E-state index contributed by atoms with van der Waals surface area (Å²) in [6, 6.07) is 2.01. The van der Waals surface area contributed by atoms with Crippen molar-refractivity contribution in [1.29, 1.82) is 5.26 Å². The molecule has 0 aromatic carbocycles. The van der Waals surface area contributed by atoms with Gasteiger partial charge in [-0.2, -0.15) is 5.26 Å². The molecule has 6 nitrogen and oxygen atoms in total. The molecule has 0 bridgehead atoms. The summed E-state index contributed by atoms with van der Waals surface area (Å²) in [7, 11) is 5.08. The molecule has 1 atom stereocenters. The third-order valence-corrected chi connectivity index (χ3v) is 2.57. The van der Waals surface area contributed by atoms with Crippen LogP contribution < -0.4 is 0 Å². The molecule has 0 aliphatic carbocycles. The van der Waals surface area contributed by atoms with Crippen LogP contribution in [0.2, 0.25) is 0 Å². The van der Waals surface area contributed by atoms with Crippen molar-refractivity contribution in [3.8, 4) is 6.07 Å². The van der Waals surface area contributed by atoms with Gasteiger partial charge in [0.1, 0.15) is 0 Å². The Kier molecular flexibility index (Phi) is 9.19. The molecule has 1 amide bonds. The summed E-state index contributed by atoms with van der Waals surface area (Å²) in [6.45, 7) is 1.81. The minimum atomic E-state index is -0.536. The summed E-state index contributed by atoms with van der Waals surface area (Å²) < 4.78 is 4.83. The number of nitrogens with zero attached hydrogens (tertiary/aromatic N) is 3. The van der Waals surface area contributed by atoms with Crippen LogP contribution in [0.1, 0.15) is 12.8 Å². The number of hydrogen-bond acceptors (Lipinski definition) is 5. The number of hydrogen-bond donors (Lipinski definition) is 1. The highest BCUT2D eigenvalue weighted by Crippen LogP contribution is 1.97. The first-order valence-corrected chi connectivity index (χ1v) is 5.97. The van der Waals surface area contributed by atoms with E-state index < -0.39 is 6.10 Å². The van der Waals surface area contributed by atoms with E-state index in [4.69, 9.17) is 10.00 Å². The standard InChI is InChI=1S/C12H23N3O3/c1-14(9-11(16)10-18-3)8-5-12(17)15(2)7-4-6-13/h11,16H,4-5,7-10H2,1-3H3. The molecule has 0 spiro atoms. The number of ether oxygens (including phenoxy) is 1. The molecular formula is C12H23N3O3. The Bertz CT molecular complexity index is 278. The maximum atomic E-state index is 11.7. The second kappa shape index (κ2) is 9.83. The number of aliphatic hydroxyl groups excluding tert-OH is 1. The summed E-state index contributed by atoms with van der Waals surface area (Å²) in [6.07, 6.45) is 0.203. The van der Waals surface area contributed by atoms with Crippen LogP contribution in [0.5, 0.6) is 0 Å². The predicted octanol–water partition coefficient (Wildman–Crippen LogP) is -0.312. The third kappa shape index (κ3) is 8.01. The second-order valence-corrected chi connectivity index (χ2v) is 4.34. The zero-order valence-electron chi connectivity index (χ0n) is 11.4. The number of rotatable bonds is 9. The second-order valence-electron chi connectivity index (χ2n) is 4.34. The Morgan fingerprint density at radius 2 is 2.11 bits per heavy atom. The Hall–Kier alpha value is -1.16. The number of amides is 1. The summed E-state index contributed by atoms with van der Waals surface area (Å²) >= 11 is 0. The van der Waals surface area contributed by atoms with Crippen molar-refractivity contribution >= 4 is 5.91 Å². The fourth-order valence-corrected chi connectivity index (χ4v) is 1.52. The van der Waals surface area contributed by atoms with Crippen molar-refractivity contribution in [2.45, 2.75) is 18.9 Å². The van der Waals surface area contributed by atoms with E-state index in [2.05, 4.69) is 0 Å². The molecule has 0 rings (SSSR count). The fourth-order valence-electron chi connectivity index (χ4n) is 1.52. The molecule has 18 heavy (non-hydrogen) atoms. The molecule has 0 aliphatic rings. The van der Waals surface area contributed by atoms with E-state index in [9.17, 15) is 9.90 Å². The Balaban J connectivity index is 3.80. The highest BCUT2D eigenvalue weighted by atomic mass is 16.5. The highest BCUT2D eigenvalue weighted by Gasteiger charge is 2.12. The lowest BCUT2D eigenvalue weighted by Crippen LogP contribution is -2.35. The van der Waals surface area contributed by atoms with E-state index in [0.717, 1.165) is 0 Å². The van der Waals surface area contributed by atoms with Crippen LogP contribution in [0.15, 0.2) is 0 Å². The van der Waals surface area contributed by atoms with Gasteiger partial charge < -0.3 is 19.6 Å². The molecule has 0 fully saturated rings. The monoisotopic (exact) mass is 257 g/mol. The van der Waals surface area contributed by atoms with Crippen molar-refractivity contribution in [3.05, 3.63) is 0 Å². The maximum absolute atomic E-state index is 11.7. The van der Waals surface area contributed by atoms with Crippen molar-refractivity contribution in [2.75, 3.05) is 47.4 Å². The number of aliphatic hydroxyl groups is 1. The summed E-state index contributed by atoms with van der Waals surface area (Å²) in [5.74, 6) is 0.0123. The summed E-state index contributed by atoms with van der Waals surface area (Å²) in [5.41, 5.74) is 0. The minimum Gasteiger partial charge on any atom is -0.389 e. The van der Waals surface area contributed by atoms with Crippen LogP contribution >= 0.6 is 0 Å². The predicted molar refractivity (Wildman–Crippen MR) is 67.9 cm³/mol. The Morgan fingerprint density at radius 1 is 1.44 bits per heavy atom. The maximum Gasteiger partial charge on any atom is 0.223 e. The van der Waals surface area contributed by atoms with Crippen LogP contribution in [-0.2, 0) is 9.53 Å². The molecule has 6 heteroatoms. The fraction of sp³-hybridized carbons (Fsp3) is 0.833. The molecule has 0 heterocycles. The lowest BCUT2D eigenvalue weighted by Gasteiger charge is -2.21. The molecule has 0 saturated heterocycles. The van der Waals surface area contributed by atoms with Crippen LogP contribution in [0, 0.1) is 11.3 Å². The molecule has 104 valence electrons. The Labute approximate surface area is 109 Å². The third-order valence-electron chi connectivity index (χ3n) is 2.57. The largest absolute Gasteiger partial charge is 0.389 e.